The zero-order valence-corrected chi connectivity index (χ0v) is 13.2. The van der Waals surface area contributed by atoms with E-state index in [1.165, 1.54) is 57.8 Å². The lowest BCUT2D eigenvalue weighted by molar-refractivity contribution is 0.154. The van der Waals surface area contributed by atoms with E-state index < -0.39 is 0 Å². The van der Waals surface area contributed by atoms with Gasteiger partial charge in [-0.15, -0.1) is 0 Å². The van der Waals surface area contributed by atoms with Gasteiger partial charge in [-0.3, -0.25) is 0 Å². The molecule has 2 aliphatic carbocycles. The molecule has 2 aliphatic rings. The summed E-state index contributed by atoms with van der Waals surface area (Å²) in [5.41, 5.74) is 0. The van der Waals surface area contributed by atoms with E-state index in [0.717, 1.165) is 23.7 Å². The van der Waals surface area contributed by atoms with Crippen LogP contribution < -0.4 is 0 Å². The topological polar surface area (TPSA) is 0 Å². The quantitative estimate of drug-likeness (QED) is 0.505. The zero-order chi connectivity index (χ0) is 13.5. The minimum absolute atomic E-state index is 0.912. The lowest BCUT2D eigenvalue weighted by atomic mass is 9.69. The Labute approximate surface area is 121 Å². The molecule has 0 spiro atoms. The minimum Gasteiger partial charge on any atom is -0.0883 e. The Bertz CT molecular complexity index is 249. The number of unbranched alkanes of at least 4 members (excludes halogenated alkanes) is 1. The summed E-state index contributed by atoms with van der Waals surface area (Å²) in [5.74, 6) is 4.14. The van der Waals surface area contributed by atoms with E-state index in [4.69, 9.17) is 0 Å². The molecule has 0 heterocycles. The normalized spacial score (nSPS) is 36.7. The fourth-order valence-corrected chi connectivity index (χ4v) is 4.33. The molecule has 0 aromatic heterocycles. The van der Waals surface area contributed by atoms with Gasteiger partial charge in [-0.1, -0.05) is 51.7 Å². The maximum Gasteiger partial charge on any atom is -0.0233 e. The van der Waals surface area contributed by atoms with Crippen LogP contribution in [0.2, 0.25) is 0 Å². The van der Waals surface area contributed by atoms with E-state index in [-0.39, 0.29) is 0 Å². The van der Waals surface area contributed by atoms with E-state index in [1.807, 2.05) is 0 Å². The van der Waals surface area contributed by atoms with Gasteiger partial charge in [0.15, 0.2) is 0 Å². The number of hydrogen-bond acceptors (Lipinski definition) is 0. The zero-order valence-electron chi connectivity index (χ0n) is 13.2. The van der Waals surface area contributed by atoms with E-state index in [1.54, 1.807) is 12.8 Å². The molecular formula is C19H34. The molecule has 0 unspecified atom stereocenters. The molecule has 0 amide bonds. The Morgan fingerprint density at radius 3 is 1.89 bits per heavy atom. The second-order valence-electron chi connectivity index (χ2n) is 7.08. The van der Waals surface area contributed by atoms with Crippen molar-refractivity contribution in [3.8, 4) is 0 Å². The van der Waals surface area contributed by atoms with Crippen molar-refractivity contribution in [2.24, 2.45) is 23.7 Å². The lowest BCUT2D eigenvalue weighted by Crippen LogP contribution is -2.25. The third-order valence-electron chi connectivity index (χ3n) is 5.82. The highest BCUT2D eigenvalue weighted by molar-refractivity contribution is 4.92. The fourth-order valence-electron chi connectivity index (χ4n) is 4.33. The minimum atomic E-state index is 0.912. The second kappa shape index (κ2) is 8.12. The summed E-state index contributed by atoms with van der Waals surface area (Å²) in [6.07, 6.45) is 21.1. The Morgan fingerprint density at radius 1 is 0.789 bits per heavy atom. The van der Waals surface area contributed by atoms with Crippen LogP contribution in [0.25, 0.3) is 0 Å². The van der Waals surface area contributed by atoms with Gasteiger partial charge in [-0.05, 0) is 68.6 Å². The second-order valence-corrected chi connectivity index (χ2v) is 7.08. The molecule has 19 heavy (non-hydrogen) atoms. The summed E-state index contributed by atoms with van der Waals surface area (Å²) in [7, 11) is 0. The molecule has 0 aromatic rings. The third-order valence-corrected chi connectivity index (χ3v) is 5.82. The van der Waals surface area contributed by atoms with Crippen molar-refractivity contribution in [1.82, 2.24) is 0 Å². The third kappa shape index (κ3) is 4.65. The molecule has 0 N–H and O–H groups in total. The van der Waals surface area contributed by atoms with Gasteiger partial charge < -0.3 is 0 Å². The molecule has 0 aromatic carbocycles. The summed E-state index contributed by atoms with van der Waals surface area (Å²) in [6, 6.07) is 0. The van der Waals surface area contributed by atoms with Gasteiger partial charge in [0.25, 0.3) is 0 Å². The first kappa shape index (κ1) is 15.1. The van der Waals surface area contributed by atoms with Crippen molar-refractivity contribution in [3.63, 3.8) is 0 Å². The van der Waals surface area contributed by atoms with Crippen molar-refractivity contribution >= 4 is 0 Å². The Morgan fingerprint density at radius 2 is 1.37 bits per heavy atom. The van der Waals surface area contributed by atoms with Crippen LogP contribution >= 0.6 is 0 Å². The average Bonchev–Trinajstić information content (AvgIpc) is 2.48. The van der Waals surface area contributed by atoms with Crippen LogP contribution in [0.3, 0.4) is 0 Å². The summed E-state index contributed by atoms with van der Waals surface area (Å²) in [5, 5.41) is 0. The van der Waals surface area contributed by atoms with Gasteiger partial charge in [-0.25, -0.2) is 0 Å². The molecular weight excluding hydrogens is 228 g/mol. The van der Waals surface area contributed by atoms with Crippen molar-refractivity contribution in [3.05, 3.63) is 12.2 Å². The smallest absolute Gasteiger partial charge is 0.0233 e. The lowest BCUT2D eigenvalue weighted by Gasteiger charge is -2.37. The van der Waals surface area contributed by atoms with Crippen LogP contribution in [0.5, 0.6) is 0 Å². The highest BCUT2D eigenvalue weighted by atomic mass is 14.3. The number of rotatable bonds is 5. The van der Waals surface area contributed by atoms with Gasteiger partial charge in [-0.2, -0.15) is 0 Å². The van der Waals surface area contributed by atoms with Gasteiger partial charge in [0, 0.05) is 0 Å². The van der Waals surface area contributed by atoms with E-state index in [9.17, 15) is 0 Å². The maximum absolute atomic E-state index is 2.52. The highest BCUT2D eigenvalue weighted by Crippen LogP contribution is 2.42. The van der Waals surface area contributed by atoms with Crippen molar-refractivity contribution in [2.45, 2.75) is 84.5 Å². The molecule has 0 saturated heterocycles. The Balaban J connectivity index is 1.68. The molecule has 0 aliphatic heterocycles. The van der Waals surface area contributed by atoms with E-state index in [2.05, 4.69) is 26.0 Å². The molecule has 110 valence electrons. The summed E-state index contributed by atoms with van der Waals surface area (Å²) < 4.78 is 0. The van der Waals surface area contributed by atoms with Crippen LogP contribution in [0, 0.1) is 23.7 Å². The van der Waals surface area contributed by atoms with Crippen LogP contribution in [-0.2, 0) is 0 Å². The van der Waals surface area contributed by atoms with Gasteiger partial charge >= 0.3 is 0 Å². The van der Waals surface area contributed by atoms with Crippen molar-refractivity contribution in [1.29, 1.82) is 0 Å². The fraction of sp³-hybridized carbons (Fsp3) is 0.895. The Kier molecular flexibility index (Phi) is 6.47. The predicted octanol–water partition coefficient (Wildman–Crippen LogP) is 6.37. The van der Waals surface area contributed by atoms with Crippen LogP contribution in [0.4, 0.5) is 0 Å². The average molecular weight is 262 g/mol. The van der Waals surface area contributed by atoms with Crippen molar-refractivity contribution < 1.29 is 0 Å². The first-order valence-corrected chi connectivity index (χ1v) is 9.00. The maximum atomic E-state index is 2.52. The van der Waals surface area contributed by atoms with Crippen LogP contribution in [-0.4, -0.2) is 0 Å². The van der Waals surface area contributed by atoms with E-state index >= 15 is 0 Å². The molecule has 2 rings (SSSR count). The molecule has 2 fully saturated rings. The largest absolute Gasteiger partial charge is 0.0883 e. The Hall–Kier alpha value is -0.260. The van der Waals surface area contributed by atoms with E-state index in [0.29, 0.717) is 0 Å². The number of allylic oxidation sites excluding steroid dienone is 2. The predicted molar refractivity (Wildman–Crippen MR) is 85.2 cm³/mol. The monoisotopic (exact) mass is 262 g/mol. The summed E-state index contributed by atoms with van der Waals surface area (Å²) >= 11 is 0. The SMILES string of the molecule is CCCC=CC1CCC(C2CCC(CC)CC2)CC1. The molecule has 0 heteroatoms. The van der Waals surface area contributed by atoms with Gasteiger partial charge in [0.05, 0.1) is 0 Å². The molecule has 0 atom stereocenters. The first-order valence-electron chi connectivity index (χ1n) is 9.00. The van der Waals surface area contributed by atoms with Crippen LogP contribution in [0.1, 0.15) is 84.5 Å². The van der Waals surface area contributed by atoms with Gasteiger partial charge in [0.1, 0.15) is 0 Å². The van der Waals surface area contributed by atoms with Crippen LogP contribution in [0.15, 0.2) is 12.2 Å². The highest BCUT2D eigenvalue weighted by Gasteiger charge is 2.29. The number of hydrogen-bond donors (Lipinski definition) is 0. The molecule has 2 saturated carbocycles. The molecule has 0 bridgehead atoms. The first-order chi connectivity index (χ1) is 9.33. The molecule has 0 radical (unpaired) electrons. The van der Waals surface area contributed by atoms with Gasteiger partial charge in [0.2, 0.25) is 0 Å². The standard InChI is InChI=1S/C19H34/c1-3-5-6-7-17-10-14-19(15-11-17)18-12-8-16(4-2)9-13-18/h6-7,16-19H,3-5,8-15H2,1-2H3. The summed E-state index contributed by atoms with van der Waals surface area (Å²) in [4.78, 5) is 0. The summed E-state index contributed by atoms with van der Waals surface area (Å²) in [6.45, 7) is 4.65. The van der Waals surface area contributed by atoms with Crippen molar-refractivity contribution in [2.75, 3.05) is 0 Å². The molecule has 0 nitrogen and oxygen atoms in total.